The SMILES string of the molecule is CC(C)OC(=O)CCCC(=O)OC(C)C.CCCCC(CC)COC(=O)CCCC(=O)OCC(CC)CCCC.CCCCC(CC)COCC1C(=O)c2ccc(C(=O)OCC(CC)CCCC)cc2C(=O)C1COCC(CC)CCCC.CCCCCCCCCCOC(=O)CCCC(=O)OCCCCCCCCCC.COCCOC(=O)CCCC(=O)OCCOC. The van der Waals surface area contributed by atoms with Gasteiger partial charge in [0, 0.05) is 89.9 Å². The molecule has 24 heteroatoms. The van der Waals surface area contributed by atoms with Crippen molar-refractivity contribution in [3.8, 4) is 0 Å². The first-order valence-electron chi connectivity index (χ1n) is 51.1. The van der Waals surface area contributed by atoms with Gasteiger partial charge < -0.3 is 61.6 Å². The van der Waals surface area contributed by atoms with Crippen LogP contribution in [0.15, 0.2) is 18.2 Å². The Labute approximate surface area is 783 Å². The van der Waals surface area contributed by atoms with Gasteiger partial charge in [0.15, 0.2) is 11.6 Å². The Morgan fingerprint density at radius 2 is 0.543 bits per heavy atom. The van der Waals surface area contributed by atoms with Gasteiger partial charge in [-0.2, -0.15) is 0 Å². The van der Waals surface area contributed by atoms with Gasteiger partial charge in [-0.15, -0.1) is 0 Å². The molecule has 0 aliphatic heterocycles. The highest BCUT2D eigenvalue weighted by molar-refractivity contribution is 6.17. The summed E-state index contributed by atoms with van der Waals surface area (Å²) in [6, 6.07) is 4.80. The van der Waals surface area contributed by atoms with E-state index < -0.39 is 17.8 Å². The summed E-state index contributed by atoms with van der Waals surface area (Å²) in [5.41, 5.74) is 0.981. The maximum Gasteiger partial charge on any atom is 0.338 e. The summed E-state index contributed by atoms with van der Waals surface area (Å²) < 4.78 is 68.1. The number of carbonyl (C=O) groups excluding carboxylic acids is 11. The third-order valence-corrected chi connectivity index (χ3v) is 22.8. The monoisotopic (exact) mass is 1830 g/mol. The molecule has 1 aliphatic rings. The molecule has 1 aromatic rings. The zero-order valence-electron chi connectivity index (χ0n) is 84.9. The molecule has 0 saturated carbocycles. The van der Waals surface area contributed by atoms with Crippen LogP contribution in [-0.4, -0.2) is 178 Å². The van der Waals surface area contributed by atoms with Crippen molar-refractivity contribution in [2.45, 2.75) is 431 Å². The minimum absolute atomic E-state index is 0.0971. The van der Waals surface area contributed by atoms with E-state index in [-0.39, 0.29) is 124 Å². The van der Waals surface area contributed by atoms with Crippen LogP contribution < -0.4 is 0 Å². The normalized spacial score (nSPS) is 13.8. The lowest BCUT2D eigenvalue weighted by Crippen LogP contribution is -2.42. The number of Topliss-reactive ketones (excluding diaryl/α,β-unsaturated/α-hetero) is 2. The maximum absolute atomic E-state index is 14.0. The van der Waals surface area contributed by atoms with Crippen molar-refractivity contribution >= 4 is 65.3 Å². The Balaban J connectivity index is -0.00000162. The first kappa shape index (κ1) is 127. The number of hydrogen-bond donors (Lipinski definition) is 0. The molecule has 1 aliphatic carbocycles. The highest BCUT2D eigenvalue weighted by atomic mass is 16.6. The molecule has 0 fully saturated rings. The Hall–Kier alpha value is -6.37. The van der Waals surface area contributed by atoms with Crippen LogP contribution in [0.2, 0.25) is 0 Å². The molecule has 2 rings (SSSR count). The van der Waals surface area contributed by atoms with E-state index in [0.717, 1.165) is 128 Å². The summed E-state index contributed by atoms with van der Waals surface area (Å²) in [4.78, 5) is 132. The number of hydrogen-bond acceptors (Lipinski definition) is 24. The molecule has 1 aromatic carbocycles. The first-order chi connectivity index (χ1) is 62.2. The average Bonchev–Trinajstić information content (AvgIpc) is 0.763. The molecule has 0 spiro atoms. The van der Waals surface area contributed by atoms with Gasteiger partial charge in [0.25, 0.3) is 0 Å². The number of unbranched alkanes of at least 4 members (excludes halogenated alkanes) is 19. The van der Waals surface area contributed by atoms with Crippen LogP contribution >= 0.6 is 0 Å². The number of methoxy groups -OCH3 is 2. The molecule has 0 N–H and O–H groups in total. The van der Waals surface area contributed by atoms with E-state index in [1.165, 1.54) is 117 Å². The number of ether oxygens (including phenoxy) is 13. The molecule has 7 unspecified atom stereocenters. The van der Waals surface area contributed by atoms with E-state index in [2.05, 4.69) is 83.1 Å². The number of fused-ring (bicyclic) bond motifs is 1. The van der Waals surface area contributed by atoms with E-state index >= 15 is 0 Å². The average molecular weight is 1830 g/mol. The van der Waals surface area contributed by atoms with Crippen LogP contribution in [0.4, 0.5) is 0 Å². The molecule has 0 heterocycles. The van der Waals surface area contributed by atoms with E-state index in [1.54, 1.807) is 45.9 Å². The van der Waals surface area contributed by atoms with Gasteiger partial charge in [-0.05, 0) is 146 Å². The Morgan fingerprint density at radius 3 is 0.837 bits per heavy atom. The van der Waals surface area contributed by atoms with Gasteiger partial charge in [0.05, 0.1) is 89.1 Å². The zero-order chi connectivity index (χ0) is 96.7. The van der Waals surface area contributed by atoms with Crippen molar-refractivity contribution in [1.29, 1.82) is 0 Å². The summed E-state index contributed by atoms with van der Waals surface area (Å²) in [5, 5.41) is 0. The third kappa shape index (κ3) is 75.7. The Morgan fingerprint density at radius 1 is 0.279 bits per heavy atom. The predicted molar refractivity (Wildman–Crippen MR) is 513 cm³/mol. The van der Waals surface area contributed by atoms with Gasteiger partial charge >= 0.3 is 53.7 Å². The van der Waals surface area contributed by atoms with Gasteiger partial charge in [0.1, 0.15) is 13.2 Å². The summed E-state index contributed by atoms with van der Waals surface area (Å²) >= 11 is 0. The minimum atomic E-state index is -0.635. The molecular formula is C105H188O24. The molecule has 7 atom stereocenters. The number of rotatable bonds is 77. The van der Waals surface area contributed by atoms with Crippen molar-refractivity contribution in [2.24, 2.45) is 41.4 Å². The largest absolute Gasteiger partial charge is 0.466 e. The topological polar surface area (TPSA) is 308 Å². The molecule has 752 valence electrons. The Kier molecular flexibility index (Phi) is 89.2. The van der Waals surface area contributed by atoms with Crippen LogP contribution in [0.5, 0.6) is 0 Å². The fourth-order valence-corrected chi connectivity index (χ4v) is 14.1. The van der Waals surface area contributed by atoms with Crippen LogP contribution in [0.25, 0.3) is 0 Å². The van der Waals surface area contributed by atoms with Crippen molar-refractivity contribution < 1.29 is 114 Å². The quantitative estimate of drug-likeness (QED) is 0.0332. The molecule has 0 bridgehead atoms. The van der Waals surface area contributed by atoms with Gasteiger partial charge in [-0.1, -0.05) is 269 Å². The molecule has 129 heavy (non-hydrogen) atoms. The van der Waals surface area contributed by atoms with Gasteiger partial charge in [-0.3, -0.25) is 47.9 Å². The molecule has 0 radical (unpaired) electrons. The zero-order valence-corrected chi connectivity index (χ0v) is 84.9. The summed E-state index contributed by atoms with van der Waals surface area (Å²) in [7, 11) is 3.06. The first-order valence-corrected chi connectivity index (χ1v) is 51.1. The van der Waals surface area contributed by atoms with Crippen molar-refractivity contribution in [1.82, 2.24) is 0 Å². The molecule has 0 saturated heterocycles. The predicted octanol–water partition coefficient (Wildman–Crippen LogP) is 24.9. The molecule has 24 nitrogen and oxygen atoms in total. The van der Waals surface area contributed by atoms with Crippen LogP contribution in [0.1, 0.15) is 450 Å². The second kappa shape index (κ2) is 90.8. The highest BCUT2D eigenvalue weighted by Crippen LogP contribution is 2.34. The lowest BCUT2D eigenvalue weighted by atomic mass is 9.74. The second-order valence-electron chi connectivity index (χ2n) is 35.1. The van der Waals surface area contributed by atoms with E-state index in [9.17, 15) is 52.7 Å². The number of ketones is 2. The smallest absolute Gasteiger partial charge is 0.338 e. The lowest BCUT2D eigenvalue weighted by Gasteiger charge is -2.31. The number of benzene rings is 1. The third-order valence-electron chi connectivity index (χ3n) is 22.8. The minimum Gasteiger partial charge on any atom is -0.466 e. The van der Waals surface area contributed by atoms with E-state index in [1.807, 2.05) is 0 Å². The maximum atomic E-state index is 14.0. The fourth-order valence-electron chi connectivity index (χ4n) is 14.1. The number of carbonyl (C=O) groups is 11. The second-order valence-corrected chi connectivity index (χ2v) is 35.1. The van der Waals surface area contributed by atoms with Crippen molar-refractivity contribution in [2.75, 3.05) is 100 Å². The van der Waals surface area contributed by atoms with Gasteiger partial charge in [0.2, 0.25) is 0 Å². The fraction of sp³-hybridized carbons (Fsp3) is 0.838. The molecule has 0 aromatic heterocycles. The highest BCUT2D eigenvalue weighted by Gasteiger charge is 2.42. The van der Waals surface area contributed by atoms with Crippen LogP contribution in [0, 0.1) is 41.4 Å². The van der Waals surface area contributed by atoms with Crippen LogP contribution in [0.3, 0.4) is 0 Å². The Bertz CT molecular complexity index is 2820. The number of esters is 9. The van der Waals surface area contributed by atoms with E-state index in [4.69, 9.17) is 61.6 Å². The molecular weight excluding hydrogens is 1650 g/mol. The summed E-state index contributed by atoms with van der Waals surface area (Å²) in [5.74, 6) is -1.75. The lowest BCUT2D eigenvalue weighted by molar-refractivity contribution is -0.150. The summed E-state index contributed by atoms with van der Waals surface area (Å²) in [6.45, 7) is 38.4. The summed E-state index contributed by atoms with van der Waals surface area (Å²) in [6.07, 6.45) is 45.7. The standard InChI is InChI=1S/C37H60O6.C25H48O4.C21H40O4.C11H20O6.C11H20O4/c1-7-13-16-27(10-4)22-41-25-33-34(26-42-23-28(11-5)17-14-8-2)36(39)32-21-30(19-20-31(32)35(33)38)37(40)43-24-29(12-6)18-15-9-3;1-3-5-7-9-11-13-15-17-22-28-24(26)20-19-21-25(27)29-23-18-16-14-12-10-8-6-4-2;1-5-9-12-18(7-3)16-24-20(22)14-11-15-21(23)25-17-19(8-4)13-10-6-2;1-14-6-8-16-10(12)4-3-5-11(13)17-9-7-15-2;1-8(2)14-10(12)6-5-7-11(13)15-9(3)4/h19-21,27-29,33-34H,7-18,22-26H2,1-6H3;3-23H2,1-2H3;18-19H,5-17H2,1-4H3;3-9H2,1-2H3;8-9H,5-7H2,1-4H3. The van der Waals surface area contributed by atoms with Crippen molar-refractivity contribution in [3.63, 3.8) is 0 Å². The van der Waals surface area contributed by atoms with Gasteiger partial charge in [-0.25, -0.2) is 4.79 Å². The van der Waals surface area contributed by atoms with Crippen molar-refractivity contribution in [3.05, 3.63) is 34.9 Å². The molecule has 0 amide bonds. The van der Waals surface area contributed by atoms with E-state index in [0.29, 0.717) is 157 Å². The van der Waals surface area contributed by atoms with Crippen LogP contribution in [-0.2, 0) is 99.9 Å².